The molecular formula is C40H36F2O6. The van der Waals surface area contributed by atoms with Gasteiger partial charge < -0.3 is 18.9 Å². The summed E-state index contributed by atoms with van der Waals surface area (Å²) in [6, 6.07) is 21.6. The summed E-state index contributed by atoms with van der Waals surface area (Å²) in [7, 11) is 2.86. The third-order valence-corrected chi connectivity index (χ3v) is 8.27. The summed E-state index contributed by atoms with van der Waals surface area (Å²) >= 11 is 0. The Bertz CT molecular complexity index is 1740. The van der Waals surface area contributed by atoms with Crippen molar-refractivity contribution in [1.29, 1.82) is 0 Å². The molecule has 3 aromatic carbocycles. The molecule has 0 radical (unpaired) electrons. The molecule has 5 rings (SSSR count). The summed E-state index contributed by atoms with van der Waals surface area (Å²) < 4.78 is 53.9. The van der Waals surface area contributed by atoms with Gasteiger partial charge in [-0.25, -0.2) is 8.78 Å². The lowest BCUT2D eigenvalue weighted by molar-refractivity contribution is -0.151. The summed E-state index contributed by atoms with van der Waals surface area (Å²) in [6.45, 7) is 3.40. The minimum atomic E-state index is -1.26. The van der Waals surface area contributed by atoms with Crippen LogP contribution in [0.2, 0.25) is 0 Å². The van der Waals surface area contributed by atoms with Gasteiger partial charge in [0.2, 0.25) is 0 Å². The molecule has 0 saturated carbocycles. The second-order valence-corrected chi connectivity index (χ2v) is 11.8. The molecule has 6 nitrogen and oxygen atoms in total. The number of ether oxygens (including phenoxy) is 4. The van der Waals surface area contributed by atoms with Gasteiger partial charge in [-0.2, -0.15) is 0 Å². The Morgan fingerprint density at radius 3 is 1.33 bits per heavy atom. The molecule has 0 fully saturated rings. The van der Waals surface area contributed by atoms with Crippen LogP contribution >= 0.6 is 0 Å². The molecule has 0 spiro atoms. The van der Waals surface area contributed by atoms with Gasteiger partial charge in [-0.1, -0.05) is 97.1 Å². The zero-order chi connectivity index (χ0) is 34.3. The summed E-state index contributed by atoms with van der Waals surface area (Å²) in [5.41, 5.74) is -0.0835. The van der Waals surface area contributed by atoms with E-state index in [0.717, 1.165) is 11.1 Å². The van der Waals surface area contributed by atoms with Crippen molar-refractivity contribution in [3.05, 3.63) is 155 Å². The highest BCUT2D eigenvalue weighted by Crippen LogP contribution is 2.43. The van der Waals surface area contributed by atoms with Gasteiger partial charge in [-0.15, -0.1) is 0 Å². The van der Waals surface area contributed by atoms with Crippen molar-refractivity contribution < 1.29 is 37.3 Å². The average Bonchev–Trinajstić information content (AvgIpc) is 3.37. The van der Waals surface area contributed by atoms with Gasteiger partial charge in [-0.3, -0.25) is 9.59 Å². The first-order valence-corrected chi connectivity index (χ1v) is 15.3. The fourth-order valence-electron chi connectivity index (χ4n) is 5.24. The van der Waals surface area contributed by atoms with Crippen LogP contribution in [0.1, 0.15) is 36.1 Å². The van der Waals surface area contributed by atoms with E-state index in [4.69, 9.17) is 18.9 Å². The number of halogens is 2. The van der Waals surface area contributed by atoms with Crippen LogP contribution in [0.5, 0.6) is 11.5 Å². The number of methoxy groups -OCH3 is 2. The number of benzene rings is 3. The number of hydrogen-bond acceptors (Lipinski definition) is 6. The Balaban J connectivity index is 1.44. The van der Waals surface area contributed by atoms with Crippen molar-refractivity contribution in [2.24, 2.45) is 10.8 Å². The number of esters is 2. The van der Waals surface area contributed by atoms with Crippen molar-refractivity contribution in [2.45, 2.75) is 27.1 Å². The minimum absolute atomic E-state index is 0.0712. The maximum Gasteiger partial charge on any atom is 0.319 e. The molecule has 2 atom stereocenters. The van der Waals surface area contributed by atoms with Crippen LogP contribution < -0.4 is 9.47 Å². The first-order chi connectivity index (χ1) is 23.1. The van der Waals surface area contributed by atoms with Gasteiger partial charge in [0.1, 0.15) is 47.2 Å². The van der Waals surface area contributed by atoms with Crippen molar-refractivity contribution >= 4 is 23.1 Å². The Morgan fingerprint density at radius 2 is 0.958 bits per heavy atom. The van der Waals surface area contributed by atoms with E-state index in [-0.39, 0.29) is 35.9 Å². The van der Waals surface area contributed by atoms with Crippen LogP contribution in [0, 0.1) is 10.8 Å². The highest BCUT2D eigenvalue weighted by atomic mass is 19.1. The predicted octanol–water partition coefficient (Wildman–Crippen LogP) is 8.82. The van der Waals surface area contributed by atoms with Gasteiger partial charge >= 0.3 is 11.9 Å². The largest absolute Gasteiger partial charge is 0.496 e. The van der Waals surface area contributed by atoms with Crippen molar-refractivity contribution in [3.8, 4) is 11.5 Å². The molecule has 0 aromatic heterocycles. The lowest BCUT2D eigenvalue weighted by Gasteiger charge is -2.20. The van der Waals surface area contributed by atoms with E-state index in [1.54, 1.807) is 32.1 Å². The van der Waals surface area contributed by atoms with E-state index in [0.29, 0.717) is 11.1 Å². The number of carbonyl (C=O) groups is 2. The van der Waals surface area contributed by atoms with E-state index in [1.165, 1.54) is 56.7 Å². The number of allylic oxidation sites excluding steroid dienone is 8. The number of rotatable bonds is 10. The molecule has 0 saturated heterocycles. The highest BCUT2D eigenvalue weighted by molar-refractivity contribution is 5.91. The van der Waals surface area contributed by atoms with Crippen LogP contribution in [0.25, 0.3) is 11.1 Å². The van der Waals surface area contributed by atoms with Crippen LogP contribution in [0.3, 0.4) is 0 Å². The number of hydrogen-bond donors (Lipinski definition) is 0. The standard InChI is InChI=1S/C40H36F2O6/c1-39(37(43)47-25-27-11-7-5-8-12-27)19-15-29(33(41)17-21-39)31-23-32(36(46-4)24-35(31)45-3)30-16-20-40(2,22-18-34(30)42)38(44)48-26-28-13-9-6-10-14-28/h5-24H,25-26H2,1-4H3. The lowest BCUT2D eigenvalue weighted by Crippen LogP contribution is -2.25. The second kappa shape index (κ2) is 14.5. The van der Waals surface area contributed by atoms with Gasteiger partial charge in [-0.05, 0) is 43.2 Å². The Hall–Kier alpha value is -5.50. The molecule has 2 unspecified atom stereocenters. The fourth-order valence-corrected chi connectivity index (χ4v) is 5.24. The molecule has 8 heteroatoms. The zero-order valence-electron chi connectivity index (χ0n) is 27.2. The van der Waals surface area contributed by atoms with E-state index in [2.05, 4.69) is 0 Å². The van der Waals surface area contributed by atoms with E-state index in [1.807, 2.05) is 60.7 Å². The summed E-state index contributed by atoms with van der Waals surface area (Å²) in [5.74, 6) is -1.86. The summed E-state index contributed by atoms with van der Waals surface area (Å²) in [6.07, 6.45) is 11.4. The second-order valence-electron chi connectivity index (χ2n) is 11.8. The van der Waals surface area contributed by atoms with Crippen LogP contribution in [-0.2, 0) is 32.3 Å². The molecular weight excluding hydrogens is 614 g/mol. The van der Waals surface area contributed by atoms with Crippen molar-refractivity contribution in [2.75, 3.05) is 14.2 Å². The fraction of sp³-hybridized carbons (Fsp3) is 0.200. The van der Waals surface area contributed by atoms with Gasteiger partial charge in [0.05, 0.1) is 14.2 Å². The molecule has 48 heavy (non-hydrogen) atoms. The Kier molecular flexibility index (Phi) is 10.2. The minimum Gasteiger partial charge on any atom is -0.496 e. The molecule has 0 heterocycles. The van der Waals surface area contributed by atoms with Crippen molar-refractivity contribution in [3.63, 3.8) is 0 Å². The first-order valence-electron chi connectivity index (χ1n) is 15.3. The van der Waals surface area contributed by atoms with Gasteiger partial charge in [0.25, 0.3) is 0 Å². The quantitative estimate of drug-likeness (QED) is 0.204. The lowest BCUT2D eigenvalue weighted by atomic mass is 9.89. The van der Waals surface area contributed by atoms with Gasteiger partial charge in [0, 0.05) is 28.3 Å². The topological polar surface area (TPSA) is 71.1 Å². The van der Waals surface area contributed by atoms with Gasteiger partial charge in [0.15, 0.2) is 0 Å². The molecule has 3 aromatic rings. The molecule has 0 aliphatic heterocycles. The molecule has 0 amide bonds. The smallest absolute Gasteiger partial charge is 0.319 e. The molecule has 246 valence electrons. The van der Waals surface area contributed by atoms with E-state index in [9.17, 15) is 9.59 Å². The highest BCUT2D eigenvalue weighted by Gasteiger charge is 2.33. The van der Waals surface area contributed by atoms with Crippen LogP contribution in [0.15, 0.2) is 133 Å². The molecule has 2 aliphatic carbocycles. The van der Waals surface area contributed by atoms with Crippen LogP contribution in [-0.4, -0.2) is 26.2 Å². The monoisotopic (exact) mass is 650 g/mol. The maximum absolute atomic E-state index is 15.8. The zero-order valence-corrected chi connectivity index (χ0v) is 27.2. The molecule has 0 N–H and O–H groups in total. The molecule has 2 aliphatic rings. The maximum atomic E-state index is 15.8. The average molecular weight is 651 g/mol. The van der Waals surface area contributed by atoms with Crippen molar-refractivity contribution in [1.82, 2.24) is 0 Å². The van der Waals surface area contributed by atoms with E-state index < -0.39 is 34.4 Å². The first kappa shape index (κ1) is 33.9. The third kappa shape index (κ3) is 7.39. The predicted molar refractivity (Wildman–Crippen MR) is 181 cm³/mol. The van der Waals surface area contributed by atoms with Crippen LogP contribution in [0.4, 0.5) is 8.78 Å². The SMILES string of the molecule is COc1cc(OC)c(C2=C(F)C=CC(C)(C(=O)OCc3ccccc3)C=C2)cc1C1=C(F)C=CC(C)(C(=O)OCc2ccccc2)C=C1. The van der Waals surface area contributed by atoms with E-state index >= 15 is 8.78 Å². The number of carbonyl (C=O) groups excluding carboxylic acids is 2. The Morgan fingerprint density at radius 1 is 0.583 bits per heavy atom. The Labute approximate surface area is 279 Å². The summed E-state index contributed by atoms with van der Waals surface area (Å²) in [4.78, 5) is 26.3. The molecule has 0 bridgehead atoms. The normalized spacial score (nSPS) is 20.3. The third-order valence-electron chi connectivity index (χ3n) is 8.27. The summed E-state index contributed by atoms with van der Waals surface area (Å²) in [5, 5.41) is 0.